The zero-order valence-electron chi connectivity index (χ0n) is 17.3. The Hall–Kier alpha value is -1.74. The number of sulfonamides is 1. The highest BCUT2D eigenvalue weighted by Gasteiger charge is 2.28. The lowest BCUT2D eigenvalue weighted by Gasteiger charge is -2.28. The minimum atomic E-state index is -3.73. The molecule has 0 aliphatic rings. The SMILES string of the molecule is C[C@H](CNCCc1ccccc1)N(CCO)S(=O)(=O)c1ccc2cnccc2c1.Cl.Cl. The molecule has 0 fully saturated rings. The largest absolute Gasteiger partial charge is 0.395 e. The third-order valence-corrected chi connectivity index (χ3v) is 6.91. The van der Waals surface area contributed by atoms with Crippen LogP contribution < -0.4 is 5.32 Å². The monoisotopic (exact) mass is 485 g/mol. The number of halogens is 2. The molecule has 3 rings (SSSR count). The van der Waals surface area contributed by atoms with Crippen LogP contribution in [0.15, 0.2) is 71.9 Å². The van der Waals surface area contributed by atoms with Crippen LogP contribution in [0.5, 0.6) is 0 Å². The normalized spacial score (nSPS) is 12.2. The van der Waals surface area contributed by atoms with Gasteiger partial charge >= 0.3 is 0 Å². The molecule has 0 aliphatic carbocycles. The summed E-state index contributed by atoms with van der Waals surface area (Å²) in [5, 5.41) is 14.5. The highest BCUT2D eigenvalue weighted by atomic mass is 35.5. The van der Waals surface area contributed by atoms with Crippen LogP contribution in [0.25, 0.3) is 10.8 Å². The van der Waals surface area contributed by atoms with E-state index in [9.17, 15) is 13.5 Å². The van der Waals surface area contributed by atoms with Crippen LogP contribution in [-0.4, -0.2) is 55.1 Å². The molecule has 1 aromatic heterocycles. The smallest absolute Gasteiger partial charge is 0.243 e. The predicted molar refractivity (Wildman–Crippen MR) is 130 cm³/mol. The van der Waals surface area contributed by atoms with Crippen LogP contribution in [0.4, 0.5) is 0 Å². The first-order valence-electron chi connectivity index (χ1n) is 9.73. The van der Waals surface area contributed by atoms with Crippen LogP contribution in [0.2, 0.25) is 0 Å². The van der Waals surface area contributed by atoms with E-state index in [0.29, 0.717) is 6.54 Å². The molecule has 1 atom stereocenters. The van der Waals surface area contributed by atoms with Crippen molar-refractivity contribution in [3.05, 3.63) is 72.6 Å². The Morgan fingerprint density at radius 2 is 1.81 bits per heavy atom. The third kappa shape index (κ3) is 7.14. The second-order valence-electron chi connectivity index (χ2n) is 7.01. The highest BCUT2D eigenvalue weighted by Crippen LogP contribution is 2.22. The van der Waals surface area contributed by atoms with Crippen molar-refractivity contribution in [1.29, 1.82) is 0 Å². The molecule has 0 amide bonds. The summed E-state index contributed by atoms with van der Waals surface area (Å²) in [5.41, 5.74) is 1.23. The van der Waals surface area contributed by atoms with E-state index in [2.05, 4.69) is 22.4 Å². The molecular weight excluding hydrogens is 457 g/mol. The van der Waals surface area contributed by atoms with E-state index in [1.54, 1.807) is 36.7 Å². The van der Waals surface area contributed by atoms with Crippen molar-refractivity contribution < 1.29 is 13.5 Å². The molecule has 2 aromatic carbocycles. The molecule has 0 aliphatic heterocycles. The second-order valence-corrected chi connectivity index (χ2v) is 8.90. The minimum Gasteiger partial charge on any atom is -0.395 e. The zero-order chi connectivity index (χ0) is 20.7. The van der Waals surface area contributed by atoms with Gasteiger partial charge in [0.05, 0.1) is 11.5 Å². The van der Waals surface area contributed by atoms with Crippen LogP contribution >= 0.6 is 24.8 Å². The number of nitrogens with zero attached hydrogens (tertiary/aromatic N) is 2. The first-order chi connectivity index (χ1) is 14.0. The van der Waals surface area contributed by atoms with Crippen molar-refractivity contribution in [3.8, 4) is 0 Å². The molecule has 0 spiro atoms. The maximum atomic E-state index is 13.2. The van der Waals surface area contributed by atoms with E-state index < -0.39 is 10.0 Å². The summed E-state index contributed by atoms with van der Waals surface area (Å²) in [6.07, 6.45) is 4.22. The molecule has 6 nitrogen and oxygen atoms in total. The molecule has 0 radical (unpaired) electrons. The van der Waals surface area contributed by atoms with E-state index in [-0.39, 0.29) is 48.9 Å². The van der Waals surface area contributed by atoms with Gasteiger partial charge in [0.25, 0.3) is 0 Å². The van der Waals surface area contributed by atoms with Gasteiger partial charge in [0.15, 0.2) is 0 Å². The summed E-state index contributed by atoms with van der Waals surface area (Å²) in [7, 11) is -3.73. The quantitative estimate of drug-likeness (QED) is 0.430. The Kier molecular flexibility index (Phi) is 11.4. The molecule has 0 saturated heterocycles. The number of benzene rings is 2. The molecule has 2 N–H and O–H groups in total. The van der Waals surface area contributed by atoms with Gasteiger partial charge in [0, 0.05) is 36.9 Å². The molecule has 170 valence electrons. The number of aromatic nitrogens is 1. The summed E-state index contributed by atoms with van der Waals surface area (Å²) in [6.45, 7) is 2.94. The molecule has 0 unspecified atom stereocenters. The molecule has 3 aromatic rings. The van der Waals surface area contributed by atoms with Crippen molar-refractivity contribution in [2.75, 3.05) is 26.2 Å². The van der Waals surface area contributed by atoms with Gasteiger partial charge in [-0.15, -0.1) is 24.8 Å². The van der Waals surface area contributed by atoms with Gasteiger partial charge in [-0.3, -0.25) is 4.98 Å². The Balaban J connectivity index is 0.00000240. The van der Waals surface area contributed by atoms with Crippen molar-refractivity contribution in [2.45, 2.75) is 24.3 Å². The fourth-order valence-corrected chi connectivity index (χ4v) is 4.98. The standard InChI is InChI=1S/C22H27N3O3S.2ClH/c1-18(16-23-11-9-19-5-3-2-4-6-19)25(13-14-26)29(27,28)22-8-7-21-17-24-12-10-20(21)15-22;;/h2-8,10,12,15,17-18,23,26H,9,11,13-14,16H2,1H3;2*1H/t18-;;/m1../s1. The minimum absolute atomic E-state index is 0. The summed E-state index contributed by atoms with van der Waals surface area (Å²) >= 11 is 0. The Morgan fingerprint density at radius 1 is 1.06 bits per heavy atom. The molecule has 31 heavy (non-hydrogen) atoms. The average molecular weight is 486 g/mol. The van der Waals surface area contributed by atoms with Crippen molar-refractivity contribution in [3.63, 3.8) is 0 Å². The van der Waals surface area contributed by atoms with Crippen LogP contribution in [-0.2, 0) is 16.4 Å². The third-order valence-electron chi connectivity index (χ3n) is 4.90. The number of aliphatic hydroxyl groups excluding tert-OH is 1. The number of hydrogen-bond acceptors (Lipinski definition) is 5. The molecule has 9 heteroatoms. The number of aliphatic hydroxyl groups is 1. The van der Waals surface area contributed by atoms with Crippen molar-refractivity contribution in [1.82, 2.24) is 14.6 Å². The molecule has 1 heterocycles. The molecular formula is C22H29Cl2N3O3S. The predicted octanol–water partition coefficient (Wildman–Crippen LogP) is 3.28. The van der Waals surface area contributed by atoms with E-state index in [4.69, 9.17) is 0 Å². The van der Waals surface area contributed by atoms with Gasteiger partial charge in [-0.1, -0.05) is 36.4 Å². The highest BCUT2D eigenvalue weighted by molar-refractivity contribution is 7.89. The van der Waals surface area contributed by atoms with Crippen LogP contribution in [0.1, 0.15) is 12.5 Å². The van der Waals surface area contributed by atoms with Gasteiger partial charge in [0.1, 0.15) is 0 Å². The van der Waals surface area contributed by atoms with Gasteiger partial charge in [-0.2, -0.15) is 4.31 Å². The van der Waals surface area contributed by atoms with Crippen LogP contribution in [0, 0.1) is 0 Å². The lowest BCUT2D eigenvalue weighted by Crippen LogP contribution is -2.45. The topological polar surface area (TPSA) is 82.5 Å². The first kappa shape index (κ1) is 27.3. The Bertz CT molecular complexity index is 1040. The van der Waals surface area contributed by atoms with Crippen molar-refractivity contribution >= 4 is 45.6 Å². The average Bonchev–Trinajstić information content (AvgIpc) is 2.75. The maximum absolute atomic E-state index is 13.2. The number of fused-ring (bicyclic) bond motifs is 1. The number of hydrogen-bond donors (Lipinski definition) is 2. The first-order valence-corrected chi connectivity index (χ1v) is 11.2. The lowest BCUT2D eigenvalue weighted by molar-refractivity contribution is 0.229. The van der Waals surface area contributed by atoms with Gasteiger partial charge in [0.2, 0.25) is 10.0 Å². The zero-order valence-corrected chi connectivity index (χ0v) is 19.8. The maximum Gasteiger partial charge on any atom is 0.243 e. The summed E-state index contributed by atoms with van der Waals surface area (Å²) in [5.74, 6) is 0. The molecule has 0 bridgehead atoms. The summed E-state index contributed by atoms with van der Waals surface area (Å²) in [4.78, 5) is 4.28. The van der Waals surface area contributed by atoms with E-state index in [1.165, 1.54) is 9.87 Å². The van der Waals surface area contributed by atoms with Crippen molar-refractivity contribution in [2.24, 2.45) is 0 Å². The van der Waals surface area contributed by atoms with E-state index >= 15 is 0 Å². The summed E-state index contributed by atoms with van der Waals surface area (Å²) in [6, 6.07) is 16.7. The number of nitrogens with one attached hydrogen (secondary N) is 1. The Morgan fingerprint density at radius 3 is 2.52 bits per heavy atom. The van der Waals surface area contributed by atoms with E-state index in [1.807, 2.05) is 25.1 Å². The lowest BCUT2D eigenvalue weighted by atomic mass is 10.1. The number of pyridine rings is 1. The fraction of sp³-hybridized carbons (Fsp3) is 0.318. The fourth-order valence-electron chi connectivity index (χ4n) is 3.32. The summed E-state index contributed by atoms with van der Waals surface area (Å²) < 4.78 is 27.8. The van der Waals surface area contributed by atoms with Gasteiger partial charge < -0.3 is 10.4 Å². The Labute approximate surface area is 196 Å². The van der Waals surface area contributed by atoms with Gasteiger partial charge in [-0.25, -0.2) is 8.42 Å². The van der Waals surface area contributed by atoms with Gasteiger partial charge in [-0.05, 0) is 49.0 Å². The van der Waals surface area contributed by atoms with Crippen LogP contribution in [0.3, 0.4) is 0 Å². The number of rotatable bonds is 10. The van der Waals surface area contributed by atoms with E-state index in [0.717, 1.165) is 23.7 Å². The molecule has 0 saturated carbocycles. The second kappa shape index (κ2) is 13.0.